The predicted molar refractivity (Wildman–Crippen MR) is 94.5 cm³/mol. The van der Waals surface area contributed by atoms with Crippen molar-refractivity contribution in [1.82, 2.24) is 0 Å². The van der Waals surface area contributed by atoms with E-state index in [1.54, 1.807) is 0 Å². The second-order valence-electron chi connectivity index (χ2n) is 10.1. The Morgan fingerprint density at radius 1 is 0.708 bits per heavy atom. The summed E-state index contributed by atoms with van der Waals surface area (Å²) in [6.45, 7) is 0. The highest BCUT2D eigenvalue weighted by Gasteiger charge is 2.52. The monoisotopic (exact) mass is 330 g/mol. The first-order valence-corrected chi connectivity index (χ1v) is 10.8. The van der Waals surface area contributed by atoms with Crippen LogP contribution in [0.3, 0.4) is 0 Å². The molecule has 6 saturated carbocycles. The van der Waals surface area contributed by atoms with Gasteiger partial charge in [-0.1, -0.05) is 0 Å². The van der Waals surface area contributed by atoms with Crippen LogP contribution in [0.1, 0.15) is 70.6 Å². The Labute approximate surface area is 147 Å². The van der Waals surface area contributed by atoms with Crippen molar-refractivity contribution >= 4 is 5.78 Å². The van der Waals surface area contributed by atoms with Crippen LogP contribution in [0.4, 0.5) is 0 Å². The fraction of sp³-hybridized carbons (Fsp3) is 0.955. The molecule has 0 aromatic rings. The molecule has 134 valence electrons. The number of rotatable bonds is 3. The van der Waals surface area contributed by atoms with Crippen LogP contribution in [0, 0.1) is 47.3 Å². The maximum Gasteiger partial charge on any atom is 0.139 e. The number of ether oxygens (including phenoxy) is 1. The summed E-state index contributed by atoms with van der Waals surface area (Å²) < 4.78 is 5.61. The van der Waals surface area contributed by atoms with Crippen LogP contribution in [0.2, 0.25) is 0 Å². The van der Waals surface area contributed by atoms with E-state index >= 15 is 0 Å². The minimum absolute atomic E-state index is 0.410. The number of Topliss-reactive ketones (excluding diaryl/α,β-unsaturated/α-hetero) is 1. The van der Waals surface area contributed by atoms with Gasteiger partial charge in [0.15, 0.2) is 0 Å². The second-order valence-corrected chi connectivity index (χ2v) is 10.1. The van der Waals surface area contributed by atoms with E-state index in [1.807, 2.05) is 7.11 Å². The lowest BCUT2D eigenvalue weighted by atomic mass is 9.50. The van der Waals surface area contributed by atoms with Crippen molar-refractivity contribution in [1.29, 1.82) is 0 Å². The number of hydrogen-bond acceptors (Lipinski definition) is 2. The van der Waals surface area contributed by atoms with Crippen molar-refractivity contribution in [2.24, 2.45) is 47.3 Å². The summed E-state index contributed by atoms with van der Waals surface area (Å²) >= 11 is 0. The molecule has 4 atom stereocenters. The zero-order valence-corrected chi connectivity index (χ0v) is 15.3. The van der Waals surface area contributed by atoms with E-state index in [-0.39, 0.29) is 0 Å². The fourth-order valence-corrected chi connectivity index (χ4v) is 7.98. The second kappa shape index (κ2) is 6.11. The Hall–Kier alpha value is -0.370. The molecule has 6 rings (SSSR count). The quantitative estimate of drug-likeness (QED) is 0.739. The maximum absolute atomic E-state index is 13.5. The Morgan fingerprint density at radius 2 is 1.33 bits per heavy atom. The highest BCUT2D eigenvalue weighted by Crippen LogP contribution is 2.58. The first-order chi connectivity index (χ1) is 11.7. The SMILES string of the molecule is COC1CCC2CC(C(=O)C3C4CC5CC(C4)CC3C5)CCC2C1. The Kier molecular flexibility index (Phi) is 4.04. The summed E-state index contributed by atoms with van der Waals surface area (Å²) in [4.78, 5) is 13.5. The minimum Gasteiger partial charge on any atom is -0.381 e. The number of ketones is 1. The summed E-state index contributed by atoms with van der Waals surface area (Å²) in [5, 5.41) is 0. The molecule has 4 unspecified atom stereocenters. The first kappa shape index (κ1) is 15.9. The van der Waals surface area contributed by atoms with E-state index in [4.69, 9.17) is 4.74 Å². The zero-order valence-electron chi connectivity index (χ0n) is 15.3. The van der Waals surface area contributed by atoms with E-state index in [2.05, 4.69) is 0 Å². The third-order valence-corrected chi connectivity index (χ3v) is 8.86. The van der Waals surface area contributed by atoms with Crippen molar-refractivity contribution in [3.05, 3.63) is 0 Å². The van der Waals surface area contributed by atoms with E-state index in [0.29, 0.717) is 17.9 Å². The van der Waals surface area contributed by atoms with Crippen molar-refractivity contribution < 1.29 is 9.53 Å². The van der Waals surface area contributed by atoms with Gasteiger partial charge in [0.25, 0.3) is 0 Å². The van der Waals surface area contributed by atoms with Crippen LogP contribution in [-0.4, -0.2) is 19.0 Å². The molecule has 6 fully saturated rings. The summed E-state index contributed by atoms with van der Waals surface area (Å²) in [5.74, 6) is 6.76. The van der Waals surface area contributed by atoms with Gasteiger partial charge in [0, 0.05) is 18.9 Å². The van der Waals surface area contributed by atoms with Crippen LogP contribution in [0.5, 0.6) is 0 Å². The maximum atomic E-state index is 13.5. The van der Waals surface area contributed by atoms with Gasteiger partial charge in [-0.15, -0.1) is 0 Å². The van der Waals surface area contributed by atoms with Crippen LogP contribution < -0.4 is 0 Å². The smallest absolute Gasteiger partial charge is 0.139 e. The van der Waals surface area contributed by atoms with Crippen molar-refractivity contribution in [3.8, 4) is 0 Å². The average molecular weight is 331 g/mol. The van der Waals surface area contributed by atoms with Crippen LogP contribution in [0.25, 0.3) is 0 Å². The van der Waals surface area contributed by atoms with Crippen LogP contribution >= 0.6 is 0 Å². The summed E-state index contributed by atoms with van der Waals surface area (Å²) in [5.41, 5.74) is 0. The molecule has 0 aromatic carbocycles. The van der Waals surface area contributed by atoms with Gasteiger partial charge in [-0.3, -0.25) is 4.79 Å². The largest absolute Gasteiger partial charge is 0.381 e. The third kappa shape index (κ3) is 2.59. The van der Waals surface area contributed by atoms with Gasteiger partial charge < -0.3 is 4.74 Å². The lowest BCUT2D eigenvalue weighted by Crippen LogP contribution is -2.50. The molecule has 2 nitrogen and oxygen atoms in total. The van der Waals surface area contributed by atoms with Crippen LogP contribution in [0.15, 0.2) is 0 Å². The summed E-state index contributed by atoms with van der Waals surface area (Å²) in [7, 11) is 1.87. The number of fused-ring (bicyclic) bond motifs is 1. The molecule has 6 aliphatic rings. The van der Waals surface area contributed by atoms with E-state index in [1.165, 1.54) is 70.6 Å². The molecule has 4 bridgehead atoms. The third-order valence-electron chi connectivity index (χ3n) is 8.86. The lowest BCUT2D eigenvalue weighted by Gasteiger charge is -2.54. The molecule has 2 heteroatoms. The zero-order chi connectivity index (χ0) is 16.3. The molecule has 0 heterocycles. The molecule has 6 aliphatic carbocycles. The summed E-state index contributed by atoms with van der Waals surface area (Å²) in [6, 6.07) is 0. The van der Waals surface area contributed by atoms with Gasteiger partial charge in [-0.2, -0.15) is 0 Å². The number of methoxy groups -OCH3 is 1. The minimum atomic E-state index is 0.410. The normalized spacial score (nSPS) is 53.0. The van der Waals surface area contributed by atoms with Gasteiger partial charge >= 0.3 is 0 Å². The van der Waals surface area contributed by atoms with Crippen molar-refractivity contribution in [2.75, 3.05) is 7.11 Å². The Bertz CT molecular complexity index is 470. The number of carbonyl (C=O) groups is 1. The van der Waals surface area contributed by atoms with Gasteiger partial charge in [-0.25, -0.2) is 0 Å². The van der Waals surface area contributed by atoms with Crippen molar-refractivity contribution in [2.45, 2.75) is 76.7 Å². The molecule has 0 amide bonds. The lowest BCUT2D eigenvalue weighted by molar-refractivity contribution is -0.142. The van der Waals surface area contributed by atoms with Gasteiger partial charge in [0.2, 0.25) is 0 Å². The first-order valence-electron chi connectivity index (χ1n) is 10.8. The predicted octanol–water partition coefficient (Wildman–Crippen LogP) is 4.86. The Balaban J connectivity index is 1.26. The van der Waals surface area contributed by atoms with Gasteiger partial charge in [0.05, 0.1) is 6.10 Å². The van der Waals surface area contributed by atoms with Crippen molar-refractivity contribution in [3.63, 3.8) is 0 Å². The standard InChI is InChI=1S/C22H34O2/c1-24-20-5-4-15-11-17(3-2-16(15)12-20)22(23)21-18-7-13-6-14(9-18)10-19(21)8-13/h13-21H,2-12H2,1H3. The van der Waals surface area contributed by atoms with Gasteiger partial charge in [-0.05, 0) is 106 Å². The molecule has 0 N–H and O–H groups in total. The Morgan fingerprint density at radius 3 is 2.00 bits per heavy atom. The molecule has 0 saturated heterocycles. The van der Waals surface area contributed by atoms with Crippen LogP contribution in [-0.2, 0) is 9.53 Å². The molecular formula is C22H34O2. The molecule has 24 heavy (non-hydrogen) atoms. The topological polar surface area (TPSA) is 26.3 Å². The van der Waals surface area contributed by atoms with E-state index in [0.717, 1.165) is 41.3 Å². The average Bonchev–Trinajstić information content (AvgIpc) is 2.59. The molecular weight excluding hydrogens is 296 g/mol. The molecule has 0 aliphatic heterocycles. The molecule has 0 spiro atoms. The number of carbonyl (C=O) groups excluding carboxylic acids is 1. The molecule has 0 radical (unpaired) electrons. The molecule has 0 aromatic heterocycles. The van der Waals surface area contributed by atoms with E-state index < -0.39 is 0 Å². The fourth-order valence-electron chi connectivity index (χ4n) is 7.98. The highest BCUT2D eigenvalue weighted by molar-refractivity contribution is 5.84. The summed E-state index contributed by atoms with van der Waals surface area (Å²) in [6.07, 6.45) is 15.0. The van der Waals surface area contributed by atoms with Gasteiger partial charge in [0.1, 0.15) is 5.78 Å². The highest BCUT2D eigenvalue weighted by atomic mass is 16.5. The van der Waals surface area contributed by atoms with E-state index in [9.17, 15) is 4.79 Å². The number of hydrogen-bond donors (Lipinski definition) is 0.